The van der Waals surface area contributed by atoms with E-state index in [1.807, 2.05) is 25.6 Å². The second kappa shape index (κ2) is 6.31. The topological polar surface area (TPSA) is 42.7 Å². The molecule has 2 aromatic rings. The van der Waals surface area contributed by atoms with Crippen LogP contribution in [0.2, 0.25) is 0 Å². The van der Waals surface area contributed by atoms with Gasteiger partial charge < -0.3 is 9.88 Å². The molecule has 0 atom stereocenters. The second-order valence-corrected chi connectivity index (χ2v) is 4.41. The van der Waals surface area contributed by atoms with Crippen molar-refractivity contribution in [3.8, 4) is 0 Å². The highest BCUT2D eigenvalue weighted by atomic mass is 15.1. The van der Waals surface area contributed by atoms with Gasteiger partial charge in [-0.1, -0.05) is 13.0 Å². The van der Waals surface area contributed by atoms with Crippen molar-refractivity contribution < 1.29 is 0 Å². The van der Waals surface area contributed by atoms with Crippen molar-refractivity contribution in [2.75, 3.05) is 7.05 Å². The molecule has 0 unspecified atom stereocenters. The first-order chi connectivity index (χ1) is 8.83. The lowest BCUT2D eigenvalue weighted by molar-refractivity contribution is 0.692. The van der Waals surface area contributed by atoms with E-state index >= 15 is 0 Å². The SMILES string of the molecule is CCCc1nccn1Cc1ccc(CNC)cn1. The summed E-state index contributed by atoms with van der Waals surface area (Å²) in [6, 6.07) is 4.21. The number of imidazole rings is 1. The molecule has 2 rings (SSSR count). The van der Waals surface area contributed by atoms with E-state index in [0.29, 0.717) is 0 Å². The van der Waals surface area contributed by atoms with Crippen LogP contribution in [0.5, 0.6) is 0 Å². The van der Waals surface area contributed by atoms with Crippen LogP contribution in [0.1, 0.15) is 30.4 Å². The minimum absolute atomic E-state index is 0.801. The van der Waals surface area contributed by atoms with E-state index in [9.17, 15) is 0 Å². The summed E-state index contributed by atoms with van der Waals surface area (Å²) < 4.78 is 2.17. The highest BCUT2D eigenvalue weighted by Crippen LogP contribution is 2.06. The van der Waals surface area contributed by atoms with Crippen molar-refractivity contribution in [3.63, 3.8) is 0 Å². The zero-order chi connectivity index (χ0) is 12.8. The van der Waals surface area contributed by atoms with Crippen LogP contribution in [0.4, 0.5) is 0 Å². The summed E-state index contributed by atoms with van der Waals surface area (Å²) in [7, 11) is 1.94. The lowest BCUT2D eigenvalue weighted by atomic mass is 10.2. The predicted molar refractivity (Wildman–Crippen MR) is 72.3 cm³/mol. The van der Waals surface area contributed by atoms with Gasteiger partial charge in [0, 0.05) is 31.6 Å². The van der Waals surface area contributed by atoms with Gasteiger partial charge in [0.25, 0.3) is 0 Å². The maximum absolute atomic E-state index is 4.48. The molecule has 0 aromatic carbocycles. The summed E-state index contributed by atoms with van der Waals surface area (Å²) in [5.41, 5.74) is 2.28. The van der Waals surface area contributed by atoms with Crippen LogP contribution in [-0.2, 0) is 19.5 Å². The second-order valence-electron chi connectivity index (χ2n) is 4.41. The van der Waals surface area contributed by atoms with Gasteiger partial charge in [-0.3, -0.25) is 4.98 Å². The van der Waals surface area contributed by atoms with Gasteiger partial charge in [-0.25, -0.2) is 4.98 Å². The fourth-order valence-electron chi connectivity index (χ4n) is 1.97. The van der Waals surface area contributed by atoms with Crippen molar-refractivity contribution in [2.45, 2.75) is 32.9 Å². The van der Waals surface area contributed by atoms with Crippen molar-refractivity contribution >= 4 is 0 Å². The monoisotopic (exact) mass is 244 g/mol. The van der Waals surface area contributed by atoms with Crippen LogP contribution < -0.4 is 5.32 Å². The maximum atomic E-state index is 4.48. The summed E-state index contributed by atoms with van der Waals surface area (Å²) in [6.07, 6.45) is 7.95. The third kappa shape index (κ3) is 3.17. The van der Waals surface area contributed by atoms with Crippen molar-refractivity contribution in [1.82, 2.24) is 19.9 Å². The fraction of sp³-hybridized carbons (Fsp3) is 0.429. The molecule has 0 saturated heterocycles. The van der Waals surface area contributed by atoms with Crippen LogP contribution in [0, 0.1) is 0 Å². The number of pyridine rings is 1. The van der Waals surface area contributed by atoms with Gasteiger partial charge >= 0.3 is 0 Å². The molecule has 0 radical (unpaired) electrons. The minimum Gasteiger partial charge on any atom is -0.329 e. The third-order valence-electron chi connectivity index (χ3n) is 2.87. The fourth-order valence-corrected chi connectivity index (χ4v) is 1.97. The smallest absolute Gasteiger partial charge is 0.108 e. The predicted octanol–water partition coefficient (Wildman–Crippen LogP) is 2.00. The molecule has 0 spiro atoms. The van der Waals surface area contributed by atoms with E-state index in [1.54, 1.807) is 0 Å². The number of rotatable bonds is 6. The van der Waals surface area contributed by atoms with E-state index in [2.05, 4.69) is 38.9 Å². The van der Waals surface area contributed by atoms with Gasteiger partial charge in [0.1, 0.15) is 5.82 Å². The molecule has 2 aromatic heterocycles. The molecule has 4 heteroatoms. The number of nitrogens with one attached hydrogen (secondary N) is 1. The summed E-state index contributed by atoms with van der Waals surface area (Å²) >= 11 is 0. The summed E-state index contributed by atoms with van der Waals surface area (Å²) in [4.78, 5) is 8.86. The molecule has 0 fully saturated rings. The number of hydrogen-bond acceptors (Lipinski definition) is 3. The van der Waals surface area contributed by atoms with Crippen LogP contribution in [-0.4, -0.2) is 21.6 Å². The number of hydrogen-bond donors (Lipinski definition) is 1. The average Bonchev–Trinajstić information content (AvgIpc) is 2.80. The Labute approximate surface area is 108 Å². The van der Waals surface area contributed by atoms with E-state index in [1.165, 1.54) is 5.56 Å². The number of nitrogens with zero attached hydrogens (tertiary/aromatic N) is 3. The van der Waals surface area contributed by atoms with Gasteiger partial charge in [0.15, 0.2) is 0 Å². The Bertz CT molecular complexity index is 473. The molecular weight excluding hydrogens is 224 g/mol. The summed E-state index contributed by atoms with van der Waals surface area (Å²) in [5, 5.41) is 3.12. The van der Waals surface area contributed by atoms with E-state index in [4.69, 9.17) is 0 Å². The zero-order valence-electron chi connectivity index (χ0n) is 11.1. The molecule has 18 heavy (non-hydrogen) atoms. The van der Waals surface area contributed by atoms with Crippen LogP contribution in [0.3, 0.4) is 0 Å². The van der Waals surface area contributed by atoms with Crippen LogP contribution in [0.25, 0.3) is 0 Å². The lowest BCUT2D eigenvalue weighted by Crippen LogP contribution is -2.08. The normalized spacial score (nSPS) is 10.8. The standard InChI is InChI=1S/C14H20N4/c1-3-4-14-16-7-8-18(14)11-13-6-5-12(9-15-2)10-17-13/h5-8,10,15H,3-4,9,11H2,1-2H3. The third-order valence-corrected chi connectivity index (χ3v) is 2.87. The molecule has 0 aliphatic carbocycles. The van der Waals surface area contributed by atoms with Gasteiger partial charge in [0.2, 0.25) is 0 Å². The Hall–Kier alpha value is -1.68. The van der Waals surface area contributed by atoms with Gasteiger partial charge in [-0.15, -0.1) is 0 Å². The van der Waals surface area contributed by atoms with Gasteiger partial charge in [0.05, 0.1) is 12.2 Å². The van der Waals surface area contributed by atoms with Gasteiger partial charge in [-0.05, 0) is 25.1 Å². The summed E-state index contributed by atoms with van der Waals surface area (Å²) in [6.45, 7) is 3.83. The van der Waals surface area contributed by atoms with Crippen molar-refractivity contribution in [2.24, 2.45) is 0 Å². The Kier molecular flexibility index (Phi) is 4.47. The van der Waals surface area contributed by atoms with E-state index in [-0.39, 0.29) is 0 Å². The average molecular weight is 244 g/mol. The van der Waals surface area contributed by atoms with Crippen molar-refractivity contribution in [3.05, 3.63) is 47.8 Å². The molecular formula is C14H20N4. The van der Waals surface area contributed by atoms with Crippen molar-refractivity contribution in [1.29, 1.82) is 0 Å². The molecule has 0 bridgehead atoms. The lowest BCUT2D eigenvalue weighted by Gasteiger charge is -2.07. The van der Waals surface area contributed by atoms with Crippen LogP contribution >= 0.6 is 0 Å². The molecule has 0 saturated carbocycles. The van der Waals surface area contributed by atoms with E-state index in [0.717, 1.165) is 37.4 Å². The molecule has 96 valence electrons. The van der Waals surface area contributed by atoms with Gasteiger partial charge in [-0.2, -0.15) is 0 Å². The highest BCUT2D eigenvalue weighted by Gasteiger charge is 2.03. The zero-order valence-corrected chi connectivity index (χ0v) is 11.1. The van der Waals surface area contributed by atoms with Crippen LogP contribution in [0.15, 0.2) is 30.7 Å². The number of aryl methyl sites for hydroxylation is 1. The molecule has 0 aliphatic rings. The molecule has 2 heterocycles. The molecule has 4 nitrogen and oxygen atoms in total. The van der Waals surface area contributed by atoms with E-state index < -0.39 is 0 Å². The minimum atomic E-state index is 0.801. The summed E-state index contributed by atoms with van der Waals surface area (Å²) in [5.74, 6) is 1.14. The maximum Gasteiger partial charge on any atom is 0.108 e. The first-order valence-electron chi connectivity index (χ1n) is 6.42. The highest BCUT2D eigenvalue weighted by molar-refractivity contribution is 5.14. The Morgan fingerprint density at radius 2 is 2.17 bits per heavy atom. The first-order valence-corrected chi connectivity index (χ1v) is 6.42. The Morgan fingerprint density at radius 1 is 1.28 bits per heavy atom. The Morgan fingerprint density at radius 3 is 2.83 bits per heavy atom. The molecule has 0 amide bonds. The largest absolute Gasteiger partial charge is 0.329 e. The molecule has 1 N–H and O–H groups in total. The first kappa shape index (κ1) is 12.8. The number of aromatic nitrogens is 3. The molecule has 0 aliphatic heterocycles. The Balaban J connectivity index is 2.06. The quantitative estimate of drug-likeness (QED) is 0.845.